The molecule has 0 spiro atoms. The first kappa shape index (κ1) is 24.7. The minimum atomic E-state index is -0.731. The molecular weight excluding hydrogens is 430 g/mol. The maximum Gasteiger partial charge on any atom is 0.333 e. The highest BCUT2D eigenvalue weighted by molar-refractivity contribution is 5.95. The van der Waals surface area contributed by atoms with Crippen molar-refractivity contribution in [1.82, 2.24) is 9.55 Å². The van der Waals surface area contributed by atoms with Crippen molar-refractivity contribution in [3.63, 3.8) is 0 Å². The van der Waals surface area contributed by atoms with Crippen molar-refractivity contribution >= 4 is 29.9 Å². The van der Waals surface area contributed by atoms with Crippen LogP contribution in [0.15, 0.2) is 61.2 Å². The minimum Gasteiger partial charge on any atom is -0.494 e. The fraction of sp³-hybridized carbons (Fsp3) is 0.261. The zero-order chi connectivity index (χ0) is 22.2. The Morgan fingerprint density at radius 3 is 2.53 bits per heavy atom. The Labute approximate surface area is 193 Å². The van der Waals surface area contributed by atoms with Crippen molar-refractivity contribution < 1.29 is 14.3 Å². The third-order valence-corrected chi connectivity index (χ3v) is 4.59. The SMILES string of the molecule is CCOC(=O)C(Nc1ccc(C(=N)N)cc1)c1cc(Cn2ccnc2)cc(OCC)c1.Cl. The van der Waals surface area contributed by atoms with Crippen LogP contribution in [0.5, 0.6) is 5.75 Å². The Bertz CT molecular complexity index is 1020. The number of nitrogens with one attached hydrogen (secondary N) is 2. The Morgan fingerprint density at radius 2 is 1.94 bits per heavy atom. The summed E-state index contributed by atoms with van der Waals surface area (Å²) < 4.78 is 13.0. The van der Waals surface area contributed by atoms with Crippen LogP contribution in [0.3, 0.4) is 0 Å². The summed E-state index contributed by atoms with van der Waals surface area (Å²) in [5, 5.41) is 10.8. The number of esters is 1. The molecule has 170 valence electrons. The molecule has 0 fully saturated rings. The number of imidazole rings is 1. The molecule has 1 heterocycles. The van der Waals surface area contributed by atoms with Crippen LogP contribution in [0.1, 0.15) is 36.6 Å². The maximum atomic E-state index is 12.8. The van der Waals surface area contributed by atoms with Crippen LogP contribution in [0, 0.1) is 5.41 Å². The van der Waals surface area contributed by atoms with E-state index >= 15 is 0 Å². The molecule has 0 bridgehead atoms. The van der Waals surface area contributed by atoms with Gasteiger partial charge >= 0.3 is 5.97 Å². The summed E-state index contributed by atoms with van der Waals surface area (Å²) in [4.78, 5) is 16.9. The van der Waals surface area contributed by atoms with Crippen LogP contribution in [-0.2, 0) is 16.1 Å². The predicted molar refractivity (Wildman–Crippen MR) is 127 cm³/mol. The first-order chi connectivity index (χ1) is 15.0. The fourth-order valence-corrected chi connectivity index (χ4v) is 3.20. The van der Waals surface area contributed by atoms with Gasteiger partial charge in [0.1, 0.15) is 11.6 Å². The van der Waals surface area contributed by atoms with Gasteiger partial charge in [0.2, 0.25) is 0 Å². The number of halogens is 1. The normalized spacial score (nSPS) is 11.2. The van der Waals surface area contributed by atoms with Gasteiger partial charge in [-0.3, -0.25) is 5.41 Å². The van der Waals surface area contributed by atoms with Gasteiger partial charge in [0, 0.05) is 30.2 Å². The van der Waals surface area contributed by atoms with Gasteiger partial charge in [-0.05, 0) is 61.4 Å². The summed E-state index contributed by atoms with van der Waals surface area (Å²) in [6.07, 6.45) is 5.34. The molecule has 0 aliphatic rings. The second-order valence-electron chi connectivity index (χ2n) is 6.90. The zero-order valence-corrected chi connectivity index (χ0v) is 18.9. The number of rotatable bonds is 10. The lowest BCUT2D eigenvalue weighted by atomic mass is 10.0. The van der Waals surface area contributed by atoms with Crippen molar-refractivity contribution in [2.75, 3.05) is 18.5 Å². The monoisotopic (exact) mass is 457 g/mol. The Hall–Kier alpha value is -3.52. The number of nitrogens with zero attached hydrogens (tertiary/aromatic N) is 2. The molecule has 2 aromatic carbocycles. The molecule has 0 amide bonds. The van der Waals surface area contributed by atoms with E-state index in [1.54, 1.807) is 43.7 Å². The van der Waals surface area contributed by atoms with E-state index in [1.807, 2.05) is 35.9 Å². The molecule has 3 aromatic rings. The molecule has 0 radical (unpaired) electrons. The molecule has 0 saturated heterocycles. The number of hydrogen-bond acceptors (Lipinski definition) is 6. The average Bonchev–Trinajstić information content (AvgIpc) is 3.25. The number of carbonyl (C=O) groups excluding carboxylic acids is 1. The van der Waals surface area contributed by atoms with Gasteiger partial charge in [0.15, 0.2) is 6.04 Å². The number of amidine groups is 1. The van der Waals surface area contributed by atoms with Crippen molar-refractivity contribution in [2.24, 2.45) is 5.73 Å². The molecule has 8 nitrogen and oxygen atoms in total. The number of aromatic nitrogens is 2. The summed E-state index contributed by atoms with van der Waals surface area (Å²) >= 11 is 0. The van der Waals surface area contributed by atoms with Gasteiger partial charge in [-0.15, -0.1) is 12.4 Å². The summed E-state index contributed by atoms with van der Waals surface area (Å²) in [6, 6.07) is 12.0. The molecule has 0 aliphatic carbocycles. The van der Waals surface area contributed by atoms with Gasteiger partial charge in [-0.2, -0.15) is 0 Å². The van der Waals surface area contributed by atoms with E-state index in [0.29, 0.717) is 30.2 Å². The van der Waals surface area contributed by atoms with E-state index in [0.717, 1.165) is 11.1 Å². The van der Waals surface area contributed by atoms with Gasteiger partial charge in [-0.1, -0.05) is 6.07 Å². The van der Waals surface area contributed by atoms with E-state index in [4.69, 9.17) is 20.6 Å². The van der Waals surface area contributed by atoms with E-state index < -0.39 is 6.04 Å². The lowest BCUT2D eigenvalue weighted by Crippen LogP contribution is -2.24. The Morgan fingerprint density at radius 1 is 1.19 bits per heavy atom. The molecule has 0 saturated carbocycles. The Kier molecular flexibility index (Phi) is 9.09. The highest BCUT2D eigenvalue weighted by Gasteiger charge is 2.23. The molecule has 4 N–H and O–H groups in total. The lowest BCUT2D eigenvalue weighted by Gasteiger charge is -2.21. The molecule has 1 atom stereocenters. The first-order valence-corrected chi connectivity index (χ1v) is 10.1. The molecule has 32 heavy (non-hydrogen) atoms. The van der Waals surface area contributed by atoms with Gasteiger partial charge in [-0.25, -0.2) is 9.78 Å². The minimum absolute atomic E-state index is 0. The third kappa shape index (κ3) is 6.49. The number of nitrogen functional groups attached to an aromatic ring is 1. The highest BCUT2D eigenvalue weighted by atomic mass is 35.5. The molecular formula is C23H28ClN5O3. The van der Waals surface area contributed by atoms with Crippen molar-refractivity contribution in [3.05, 3.63) is 77.9 Å². The number of ether oxygens (including phenoxy) is 2. The molecule has 0 aliphatic heterocycles. The second-order valence-corrected chi connectivity index (χ2v) is 6.90. The van der Waals surface area contributed by atoms with Crippen molar-refractivity contribution in [3.8, 4) is 5.75 Å². The standard InChI is InChI=1S/C23H27N5O3.ClH/c1-3-30-20-12-16(14-28-10-9-26-15-28)11-18(13-20)21(23(29)31-4-2)27-19-7-5-17(6-8-19)22(24)25;/h5-13,15,21,27H,3-4,14H2,1-2H3,(H3,24,25);1H. The smallest absolute Gasteiger partial charge is 0.333 e. The van der Waals surface area contributed by atoms with E-state index in [9.17, 15) is 4.79 Å². The largest absolute Gasteiger partial charge is 0.494 e. The summed E-state index contributed by atoms with van der Waals surface area (Å²) in [5.74, 6) is 0.278. The van der Waals surface area contributed by atoms with Gasteiger partial charge in [0.25, 0.3) is 0 Å². The Balaban J connectivity index is 0.00000363. The predicted octanol–water partition coefficient (Wildman–Crippen LogP) is 3.75. The van der Waals surface area contributed by atoms with Gasteiger partial charge in [0.05, 0.1) is 19.5 Å². The van der Waals surface area contributed by atoms with Crippen LogP contribution in [-0.4, -0.2) is 34.6 Å². The van der Waals surface area contributed by atoms with Crippen LogP contribution < -0.4 is 15.8 Å². The number of anilines is 1. The number of nitrogens with two attached hydrogens (primary N) is 1. The summed E-state index contributed by atoms with van der Waals surface area (Å²) in [5.41, 5.74) is 8.55. The topological polar surface area (TPSA) is 115 Å². The van der Waals surface area contributed by atoms with Crippen LogP contribution in [0.2, 0.25) is 0 Å². The van der Waals surface area contributed by atoms with Crippen molar-refractivity contribution in [2.45, 2.75) is 26.4 Å². The molecule has 1 aromatic heterocycles. The fourth-order valence-electron chi connectivity index (χ4n) is 3.20. The van der Waals surface area contributed by atoms with E-state index in [-0.39, 0.29) is 30.8 Å². The second kappa shape index (κ2) is 11.8. The number of hydrogen-bond donors (Lipinski definition) is 3. The average molecular weight is 458 g/mol. The molecule has 3 rings (SSSR count). The highest BCUT2D eigenvalue weighted by Crippen LogP contribution is 2.27. The van der Waals surface area contributed by atoms with E-state index in [1.165, 1.54) is 0 Å². The quantitative estimate of drug-likeness (QED) is 0.242. The van der Waals surface area contributed by atoms with Crippen LogP contribution in [0.25, 0.3) is 0 Å². The van der Waals surface area contributed by atoms with Gasteiger partial charge < -0.3 is 25.1 Å². The lowest BCUT2D eigenvalue weighted by molar-refractivity contribution is -0.144. The molecule has 9 heteroatoms. The summed E-state index contributed by atoms with van der Waals surface area (Å²) in [7, 11) is 0. The summed E-state index contributed by atoms with van der Waals surface area (Å²) in [6.45, 7) is 5.07. The maximum absolute atomic E-state index is 12.8. The molecule has 1 unspecified atom stereocenters. The van der Waals surface area contributed by atoms with Crippen LogP contribution in [0.4, 0.5) is 5.69 Å². The zero-order valence-electron chi connectivity index (χ0n) is 18.1. The first-order valence-electron chi connectivity index (χ1n) is 10.1. The van der Waals surface area contributed by atoms with Crippen molar-refractivity contribution in [1.29, 1.82) is 5.41 Å². The van der Waals surface area contributed by atoms with E-state index in [2.05, 4.69) is 10.3 Å². The number of benzene rings is 2. The third-order valence-electron chi connectivity index (χ3n) is 4.59. The van der Waals surface area contributed by atoms with Crippen LogP contribution >= 0.6 is 12.4 Å². The number of carbonyl (C=O) groups is 1.